The Kier molecular flexibility index (Phi) is 6.62. The summed E-state index contributed by atoms with van der Waals surface area (Å²) in [7, 11) is 0. The van der Waals surface area contributed by atoms with Crippen LogP contribution in [0.15, 0.2) is 24.3 Å². The maximum Gasteiger partial charge on any atom is 0.220 e. The van der Waals surface area contributed by atoms with Gasteiger partial charge in [0.15, 0.2) is 0 Å². The van der Waals surface area contributed by atoms with E-state index in [1.165, 1.54) is 12.1 Å². The summed E-state index contributed by atoms with van der Waals surface area (Å²) in [5, 5.41) is 2.97. The summed E-state index contributed by atoms with van der Waals surface area (Å²) in [5.41, 5.74) is 5.34. The standard InChI is InChI=1S/C16H25FN2O2/c1-12(2)16(3,11-18)19-15(20)8-5-9-21-14-7-4-6-13(17)10-14/h4,6-7,10,12H,5,8-9,11,18H2,1-3H3,(H,19,20). The Morgan fingerprint density at radius 1 is 1.48 bits per heavy atom. The summed E-state index contributed by atoms with van der Waals surface area (Å²) in [6.07, 6.45) is 0.929. The van der Waals surface area contributed by atoms with E-state index in [4.69, 9.17) is 10.5 Å². The second-order valence-corrected chi connectivity index (χ2v) is 5.73. The molecule has 0 heterocycles. The van der Waals surface area contributed by atoms with Gasteiger partial charge in [-0.05, 0) is 31.4 Å². The lowest BCUT2D eigenvalue weighted by Crippen LogP contribution is -2.55. The number of hydrogen-bond acceptors (Lipinski definition) is 3. The Balaban J connectivity index is 2.31. The summed E-state index contributed by atoms with van der Waals surface area (Å²) in [5.74, 6) is 0.361. The van der Waals surface area contributed by atoms with Gasteiger partial charge in [0.25, 0.3) is 0 Å². The molecule has 0 saturated heterocycles. The van der Waals surface area contributed by atoms with E-state index in [1.54, 1.807) is 12.1 Å². The van der Waals surface area contributed by atoms with E-state index in [2.05, 4.69) is 5.32 Å². The first-order valence-electron chi connectivity index (χ1n) is 7.27. The quantitative estimate of drug-likeness (QED) is 0.724. The highest BCUT2D eigenvalue weighted by Crippen LogP contribution is 2.15. The van der Waals surface area contributed by atoms with Crippen molar-refractivity contribution in [3.05, 3.63) is 30.1 Å². The molecule has 0 aliphatic heterocycles. The molecule has 1 amide bonds. The second kappa shape index (κ2) is 7.98. The third-order valence-electron chi connectivity index (χ3n) is 3.74. The number of carbonyl (C=O) groups is 1. The Hall–Kier alpha value is -1.62. The van der Waals surface area contributed by atoms with E-state index in [0.29, 0.717) is 31.7 Å². The van der Waals surface area contributed by atoms with Crippen LogP contribution in [0, 0.1) is 11.7 Å². The van der Waals surface area contributed by atoms with E-state index >= 15 is 0 Å². The van der Waals surface area contributed by atoms with Crippen LogP contribution in [0.4, 0.5) is 4.39 Å². The first-order chi connectivity index (χ1) is 9.87. The zero-order valence-electron chi connectivity index (χ0n) is 13.0. The average Bonchev–Trinajstić information content (AvgIpc) is 2.43. The van der Waals surface area contributed by atoms with E-state index < -0.39 is 0 Å². The first kappa shape index (κ1) is 17.4. The summed E-state index contributed by atoms with van der Waals surface area (Å²) in [6.45, 7) is 6.77. The lowest BCUT2D eigenvalue weighted by molar-refractivity contribution is -0.123. The van der Waals surface area contributed by atoms with Crippen molar-refractivity contribution in [3.8, 4) is 5.75 Å². The molecule has 1 unspecified atom stereocenters. The molecule has 3 N–H and O–H groups in total. The van der Waals surface area contributed by atoms with E-state index in [-0.39, 0.29) is 23.2 Å². The molecule has 0 radical (unpaired) electrons. The van der Waals surface area contributed by atoms with Gasteiger partial charge in [0.1, 0.15) is 11.6 Å². The highest BCUT2D eigenvalue weighted by Gasteiger charge is 2.28. The number of amides is 1. The van der Waals surface area contributed by atoms with Crippen molar-refractivity contribution in [2.45, 2.75) is 39.2 Å². The summed E-state index contributed by atoms with van der Waals surface area (Å²) in [6, 6.07) is 5.96. The molecule has 0 aliphatic carbocycles. The zero-order chi connectivity index (χ0) is 15.9. The topological polar surface area (TPSA) is 64.3 Å². The van der Waals surface area contributed by atoms with Gasteiger partial charge in [-0.15, -0.1) is 0 Å². The largest absolute Gasteiger partial charge is 0.493 e. The predicted molar refractivity (Wildman–Crippen MR) is 81.6 cm³/mol. The van der Waals surface area contributed by atoms with Crippen molar-refractivity contribution in [3.63, 3.8) is 0 Å². The molecule has 0 spiro atoms. The lowest BCUT2D eigenvalue weighted by Gasteiger charge is -2.33. The second-order valence-electron chi connectivity index (χ2n) is 5.73. The highest BCUT2D eigenvalue weighted by molar-refractivity contribution is 5.76. The van der Waals surface area contributed by atoms with Crippen LogP contribution in [0.1, 0.15) is 33.6 Å². The Bertz CT molecular complexity index is 465. The van der Waals surface area contributed by atoms with E-state index in [1.807, 2.05) is 20.8 Å². The smallest absolute Gasteiger partial charge is 0.220 e. The normalized spacial score (nSPS) is 13.8. The van der Waals surface area contributed by atoms with Crippen molar-refractivity contribution >= 4 is 5.91 Å². The molecular weight excluding hydrogens is 271 g/mol. The third kappa shape index (κ3) is 5.71. The van der Waals surface area contributed by atoms with Gasteiger partial charge < -0.3 is 15.8 Å². The fraction of sp³-hybridized carbons (Fsp3) is 0.562. The minimum Gasteiger partial charge on any atom is -0.493 e. The molecule has 5 heteroatoms. The fourth-order valence-corrected chi connectivity index (χ4v) is 1.79. The van der Waals surface area contributed by atoms with Crippen molar-refractivity contribution in [2.24, 2.45) is 11.7 Å². The number of nitrogens with one attached hydrogen (secondary N) is 1. The number of rotatable bonds is 8. The van der Waals surface area contributed by atoms with Gasteiger partial charge in [-0.1, -0.05) is 19.9 Å². The maximum absolute atomic E-state index is 12.9. The molecule has 1 rings (SSSR count). The molecule has 0 fully saturated rings. The molecular formula is C16H25FN2O2. The van der Waals surface area contributed by atoms with E-state index in [0.717, 1.165) is 0 Å². The SMILES string of the molecule is CC(C)C(C)(CN)NC(=O)CCCOc1cccc(F)c1. The molecule has 0 saturated carbocycles. The molecule has 118 valence electrons. The first-order valence-corrected chi connectivity index (χ1v) is 7.27. The zero-order valence-corrected chi connectivity index (χ0v) is 13.0. The Labute approximate surface area is 125 Å². The van der Waals surface area contributed by atoms with Crippen LogP contribution in [0.25, 0.3) is 0 Å². The van der Waals surface area contributed by atoms with Crippen LogP contribution >= 0.6 is 0 Å². The average molecular weight is 296 g/mol. The lowest BCUT2D eigenvalue weighted by atomic mass is 9.88. The van der Waals surface area contributed by atoms with Gasteiger partial charge in [-0.25, -0.2) is 4.39 Å². The van der Waals surface area contributed by atoms with E-state index in [9.17, 15) is 9.18 Å². The molecule has 1 atom stereocenters. The van der Waals surface area contributed by atoms with Gasteiger partial charge in [0, 0.05) is 19.0 Å². The maximum atomic E-state index is 12.9. The fourth-order valence-electron chi connectivity index (χ4n) is 1.79. The van der Waals surface area contributed by atoms with Gasteiger partial charge in [0.05, 0.1) is 12.1 Å². The van der Waals surface area contributed by atoms with Crippen LogP contribution in [0.3, 0.4) is 0 Å². The summed E-state index contributed by atoms with van der Waals surface area (Å²) in [4.78, 5) is 11.9. The van der Waals surface area contributed by atoms with Crippen molar-refractivity contribution < 1.29 is 13.9 Å². The van der Waals surface area contributed by atoms with Crippen LogP contribution < -0.4 is 15.8 Å². The van der Waals surface area contributed by atoms with Crippen LogP contribution in [0.2, 0.25) is 0 Å². The number of hydrogen-bond donors (Lipinski definition) is 2. The number of carbonyl (C=O) groups excluding carboxylic acids is 1. The van der Waals surface area contributed by atoms with Gasteiger partial charge in [0.2, 0.25) is 5.91 Å². The van der Waals surface area contributed by atoms with Crippen LogP contribution in [-0.4, -0.2) is 24.6 Å². The van der Waals surface area contributed by atoms with Gasteiger partial charge in [-0.3, -0.25) is 4.79 Å². The molecule has 0 bridgehead atoms. The summed E-state index contributed by atoms with van der Waals surface area (Å²) >= 11 is 0. The molecule has 1 aromatic rings. The predicted octanol–water partition coefficient (Wildman–Crippen LogP) is 2.47. The van der Waals surface area contributed by atoms with Crippen molar-refractivity contribution in [2.75, 3.05) is 13.2 Å². The number of benzene rings is 1. The Morgan fingerprint density at radius 3 is 2.76 bits per heavy atom. The minimum atomic E-state index is -0.388. The molecule has 1 aromatic carbocycles. The molecule has 0 aliphatic rings. The van der Waals surface area contributed by atoms with Crippen LogP contribution in [0.5, 0.6) is 5.75 Å². The molecule has 21 heavy (non-hydrogen) atoms. The summed E-state index contributed by atoms with van der Waals surface area (Å²) < 4.78 is 18.3. The molecule has 0 aromatic heterocycles. The number of ether oxygens (including phenoxy) is 1. The van der Waals surface area contributed by atoms with Crippen molar-refractivity contribution in [1.29, 1.82) is 0 Å². The third-order valence-corrected chi connectivity index (χ3v) is 3.74. The highest BCUT2D eigenvalue weighted by atomic mass is 19.1. The van der Waals surface area contributed by atoms with Crippen LogP contribution in [-0.2, 0) is 4.79 Å². The molecule has 4 nitrogen and oxygen atoms in total. The number of halogens is 1. The van der Waals surface area contributed by atoms with Gasteiger partial charge in [-0.2, -0.15) is 0 Å². The Morgan fingerprint density at radius 2 is 2.19 bits per heavy atom. The minimum absolute atomic E-state index is 0.0421. The monoisotopic (exact) mass is 296 g/mol. The van der Waals surface area contributed by atoms with Crippen molar-refractivity contribution in [1.82, 2.24) is 5.32 Å². The van der Waals surface area contributed by atoms with Gasteiger partial charge >= 0.3 is 0 Å². The number of nitrogens with two attached hydrogens (primary N) is 1.